The van der Waals surface area contributed by atoms with Gasteiger partial charge in [0.1, 0.15) is 0 Å². The van der Waals surface area contributed by atoms with Crippen LogP contribution in [0.25, 0.3) is 0 Å². The van der Waals surface area contributed by atoms with E-state index >= 15 is 0 Å². The first-order valence-electron chi connectivity index (χ1n) is 6.33. The standard InChI is InChI=1S/C15H14ClNO3S2/c1-22(19,20)12-8-6-11(7-9-12)17-15(18)10-21-14-5-3-2-4-13(14)16/h2-9H,10H2,1H3,(H,17,18). The summed E-state index contributed by atoms with van der Waals surface area (Å²) in [5, 5.41) is 3.32. The van der Waals surface area contributed by atoms with E-state index in [0.29, 0.717) is 10.7 Å². The summed E-state index contributed by atoms with van der Waals surface area (Å²) in [4.78, 5) is 12.9. The highest BCUT2D eigenvalue weighted by Gasteiger charge is 2.08. The molecule has 0 unspecified atom stereocenters. The number of nitrogens with one attached hydrogen (secondary N) is 1. The van der Waals surface area contributed by atoms with Crippen molar-refractivity contribution in [2.45, 2.75) is 9.79 Å². The zero-order valence-electron chi connectivity index (χ0n) is 11.7. The van der Waals surface area contributed by atoms with Crippen molar-refractivity contribution < 1.29 is 13.2 Å². The molecule has 0 atom stereocenters. The summed E-state index contributed by atoms with van der Waals surface area (Å²) in [6.07, 6.45) is 1.14. The molecule has 2 aromatic carbocycles. The van der Waals surface area contributed by atoms with Crippen LogP contribution in [0.5, 0.6) is 0 Å². The largest absolute Gasteiger partial charge is 0.325 e. The van der Waals surface area contributed by atoms with Crippen molar-refractivity contribution in [1.82, 2.24) is 0 Å². The maximum atomic E-state index is 11.9. The van der Waals surface area contributed by atoms with Gasteiger partial charge in [-0.05, 0) is 36.4 Å². The predicted octanol–water partition coefficient (Wildman–Crippen LogP) is 3.47. The molecule has 0 aliphatic carbocycles. The van der Waals surface area contributed by atoms with Crippen molar-refractivity contribution in [2.24, 2.45) is 0 Å². The van der Waals surface area contributed by atoms with Gasteiger partial charge in [0.15, 0.2) is 9.84 Å². The van der Waals surface area contributed by atoms with Crippen molar-refractivity contribution in [3.8, 4) is 0 Å². The fourth-order valence-electron chi connectivity index (χ4n) is 1.69. The zero-order chi connectivity index (χ0) is 16.2. The molecule has 116 valence electrons. The second-order valence-corrected chi connectivity index (χ2v) is 8.00. The summed E-state index contributed by atoms with van der Waals surface area (Å²) in [6, 6.07) is 13.4. The topological polar surface area (TPSA) is 63.2 Å². The normalized spacial score (nSPS) is 11.2. The molecule has 22 heavy (non-hydrogen) atoms. The molecule has 4 nitrogen and oxygen atoms in total. The van der Waals surface area contributed by atoms with Gasteiger partial charge in [-0.1, -0.05) is 23.7 Å². The fourth-order valence-corrected chi connectivity index (χ4v) is 3.36. The molecule has 0 fully saturated rings. The van der Waals surface area contributed by atoms with Gasteiger partial charge < -0.3 is 5.32 Å². The number of benzene rings is 2. The molecule has 2 aromatic rings. The minimum absolute atomic E-state index is 0.183. The summed E-state index contributed by atoms with van der Waals surface area (Å²) in [5.74, 6) is 0.0365. The van der Waals surface area contributed by atoms with E-state index in [1.807, 2.05) is 18.2 Å². The SMILES string of the molecule is CS(=O)(=O)c1ccc(NC(=O)CSc2ccccc2Cl)cc1. The molecule has 0 bridgehead atoms. The number of carbonyl (C=O) groups is 1. The van der Waals surface area contributed by atoms with Crippen LogP contribution in [0.3, 0.4) is 0 Å². The van der Waals surface area contributed by atoms with Crippen molar-refractivity contribution in [3.63, 3.8) is 0 Å². The maximum Gasteiger partial charge on any atom is 0.234 e. The summed E-state index contributed by atoms with van der Waals surface area (Å²) in [7, 11) is -3.23. The van der Waals surface area contributed by atoms with Crippen molar-refractivity contribution in [2.75, 3.05) is 17.3 Å². The molecule has 0 heterocycles. The van der Waals surface area contributed by atoms with Crippen LogP contribution in [0, 0.1) is 0 Å². The molecule has 1 N–H and O–H groups in total. The van der Waals surface area contributed by atoms with Gasteiger partial charge in [-0.2, -0.15) is 0 Å². The van der Waals surface area contributed by atoms with Gasteiger partial charge in [0.25, 0.3) is 0 Å². The summed E-state index contributed by atoms with van der Waals surface area (Å²) < 4.78 is 22.7. The molecule has 0 aromatic heterocycles. The number of thioether (sulfide) groups is 1. The van der Waals surface area contributed by atoms with Crippen LogP contribution >= 0.6 is 23.4 Å². The van der Waals surface area contributed by atoms with Crippen LogP contribution in [-0.4, -0.2) is 26.3 Å². The van der Waals surface area contributed by atoms with Gasteiger partial charge in [-0.15, -0.1) is 11.8 Å². The maximum absolute atomic E-state index is 11.9. The van der Waals surface area contributed by atoms with Gasteiger partial charge in [0, 0.05) is 16.8 Å². The number of hydrogen-bond acceptors (Lipinski definition) is 4. The Kier molecular flexibility index (Phi) is 5.50. The number of amides is 1. The molecule has 0 aliphatic rings. The molecule has 0 aliphatic heterocycles. The molecule has 0 saturated heterocycles. The number of rotatable bonds is 5. The van der Waals surface area contributed by atoms with Gasteiger partial charge in [0.05, 0.1) is 15.7 Å². The first kappa shape index (κ1) is 16.9. The zero-order valence-corrected chi connectivity index (χ0v) is 14.1. The summed E-state index contributed by atoms with van der Waals surface area (Å²) in [6.45, 7) is 0. The van der Waals surface area contributed by atoms with Gasteiger partial charge in [-0.25, -0.2) is 8.42 Å². The first-order chi connectivity index (χ1) is 10.4. The molecular formula is C15H14ClNO3S2. The minimum Gasteiger partial charge on any atom is -0.325 e. The van der Waals surface area contributed by atoms with Crippen molar-refractivity contribution in [3.05, 3.63) is 53.6 Å². The average Bonchev–Trinajstić information content (AvgIpc) is 2.46. The van der Waals surface area contributed by atoms with Gasteiger partial charge >= 0.3 is 0 Å². The van der Waals surface area contributed by atoms with E-state index in [0.717, 1.165) is 11.2 Å². The fraction of sp³-hybridized carbons (Fsp3) is 0.133. The second-order valence-electron chi connectivity index (χ2n) is 4.56. The third-order valence-corrected chi connectivity index (χ3v) is 5.41. The van der Waals surface area contributed by atoms with E-state index in [4.69, 9.17) is 11.6 Å². The van der Waals surface area contributed by atoms with Crippen LogP contribution < -0.4 is 5.32 Å². The number of anilines is 1. The van der Waals surface area contributed by atoms with E-state index in [-0.39, 0.29) is 16.6 Å². The molecule has 1 amide bonds. The van der Waals surface area contributed by atoms with Crippen LogP contribution in [-0.2, 0) is 14.6 Å². The van der Waals surface area contributed by atoms with Gasteiger partial charge in [-0.3, -0.25) is 4.79 Å². The lowest BCUT2D eigenvalue weighted by molar-refractivity contribution is -0.113. The Bertz CT molecular complexity index is 774. The average molecular weight is 356 g/mol. The number of carbonyl (C=O) groups excluding carboxylic acids is 1. The van der Waals surface area contributed by atoms with Crippen LogP contribution in [0.15, 0.2) is 58.3 Å². The summed E-state index contributed by atoms with van der Waals surface area (Å²) >= 11 is 7.36. The molecule has 7 heteroatoms. The Morgan fingerprint density at radius 3 is 2.36 bits per heavy atom. The Morgan fingerprint density at radius 1 is 1.14 bits per heavy atom. The second kappa shape index (κ2) is 7.17. The lowest BCUT2D eigenvalue weighted by atomic mass is 10.3. The summed E-state index contributed by atoms with van der Waals surface area (Å²) in [5.41, 5.74) is 0.553. The van der Waals surface area contributed by atoms with E-state index in [1.54, 1.807) is 18.2 Å². The van der Waals surface area contributed by atoms with E-state index in [1.165, 1.54) is 23.9 Å². The molecule has 0 spiro atoms. The monoisotopic (exact) mass is 355 g/mol. The molecular weight excluding hydrogens is 342 g/mol. The smallest absolute Gasteiger partial charge is 0.234 e. The quantitative estimate of drug-likeness (QED) is 0.834. The van der Waals surface area contributed by atoms with Crippen molar-refractivity contribution in [1.29, 1.82) is 0 Å². The number of halogens is 1. The lowest BCUT2D eigenvalue weighted by Crippen LogP contribution is -2.14. The molecule has 0 radical (unpaired) electrons. The highest BCUT2D eigenvalue weighted by atomic mass is 35.5. The van der Waals surface area contributed by atoms with E-state index < -0.39 is 9.84 Å². The van der Waals surface area contributed by atoms with E-state index in [9.17, 15) is 13.2 Å². The molecule has 0 saturated carbocycles. The van der Waals surface area contributed by atoms with Crippen LogP contribution in [0.2, 0.25) is 5.02 Å². The predicted molar refractivity (Wildman–Crippen MR) is 90.4 cm³/mol. The van der Waals surface area contributed by atoms with Gasteiger partial charge in [0.2, 0.25) is 5.91 Å². The highest BCUT2D eigenvalue weighted by molar-refractivity contribution is 8.00. The third kappa shape index (κ3) is 4.76. The van der Waals surface area contributed by atoms with Crippen LogP contribution in [0.4, 0.5) is 5.69 Å². The third-order valence-electron chi connectivity index (χ3n) is 2.76. The minimum atomic E-state index is -3.23. The Morgan fingerprint density at radius 2 is 1.77 bits per heavy atom. The highest BCUT2D eigenvalue weighted by Crippen LogP contribution is 2.26. The molecule has 2 rings (SSSR count). The van der Waals surface area contributed by atoms with Crippen LogP contribution in [0.1, 0.15) is 0 Å². The Labute approximate surface area is 138 Å². The van der Waals surface area contributed by atoms with Crippen molar-refractivity contribution >= 4 is 44.8 Å². The Hall–Kier alpha value is -1.50. The Balaban J connectivity index is 1.94. The van der Waals surface area contributed by atoms with E-state index in [2.05, 4.69) is 5.32 Å². The number of sulfone groups is 1. The first-order valence-corrected chi connectivity index (χ1v) is 9.59. The number of hydrogen-bond donors (Lipinski definition) is 1. The lowest BCUT2D eigenvalue weighted by Gasteiger charge is -2.07.